The van der Waals surface area contributed by atoms with E-state index in [-0.39, 0.29) is 49.0 Å². The molecule has 57 heavy (non-hydrogen) atoms. The Hall–Kier alpha value is -1.13. The van der Waals surface area contributed by atoms with Gasteiger partial charge in [0.25, 0.3) is 0 Å². The number of unbranched alkanes of at least 4 members (excludes halogenated alkanes) is 17. The number of ether oxygens (including phenoxy) is 4. The molecule has 0 radical (unpaired) electrons. The van der Waals surface area contributed by atoms with E-state index in [0.717, 1.165) is 70.6 Å². The number of hydrogen-bond acceptors (Lipinski definition) is 12. The summed E-state index contributed by atoms with van der Waals surface area (Å²) in [6.45, 7) is 3.59. The first kappa shape index (κ1) is 55.9. The molecule has 0 aromatic carbocycles. The van der Waals surface area contributed by atoms with E-state index in [4.69, 9.17) is 18.9 Å². The molecule has 0 bridgehead atoms. The summed E-state index contributed by atoms with van der Waals surface area (Å²) in [5.74, 6) is -2.13. The van der Waals surface area contributed by atoms with Crippen LogP contribution in [0.4, 0.5) is 0 Å². The largest absolute Gasteiger partial charge is 1.00 e. The van der Waals surface area contributed by atoms with Gasteiger partial charge in [-0.25, -0.2) is 8.42 Å². The second-order valence-corrected chi connectivity index (χ2v) is 16.4. The standard InChI is InChI=1S/C43H76O12S.Na/c1-3-5-7-9-11-13-15-17-18-20-21-23-25-27-29-31-38(44)52-33-36(34-53-43-42(48)41(47)40(46)37(55-43)35-56(49,50)51)54-39(45)32-30-28-26-24-22-19-16-14-12-10-8-6-4-2;/h5,7,11,13,17-18,36-37,40-43,46-48H,3-4,6,8-10,12,14-16,19-35H2,1-2H3,(H,49,50,51);/q;+1/p-1/b7-5-,13-11-,18-17-;/t36-,37-,40-,41+,42-,43+;/m1./s1. The van der Waals surface area contributed by atoms with Gasteiger partial charge in [-0.15, -0.1) is 0 Å². The number of aliphatic hydroxyl groups excluding tert-OH is 3. The van der Waals surface area contributed by atoms with Crippen LogP contribution in [0.3, 0.4) is 0 Å². The Morgan fingerprint density at radius 3 is 1.68 bits per heavy atom. The van der Waals surface area contributed by atoms with Gasteiger partial charge in [-0.2, -0.15) is 0 Å². The summed E-state index contributed by atoms with van der Waals surface area (Å²) in [6.07, 6.45) is 27.3. The Labute approximate surface area is 366 Å². The molecule has 1 heterocycles. The summed E-state index contributed by atoms with van der Waals surface area (Å²) in [5, 5.41) is 30.8. The summed E-state index contributed by atoms with van der Waals surface area (Å²) >= 11 is 0. The normalized spacial score (nSPS) is 20.6. The van der Waals surface area contributed by atoms with Crippen LogP contribution in [0, 0.1) is 0 Å². The number of carbonyl (C=O) groups is 2. The van der Waals surface area contributed by atoms with Crippen molar-refractivity contribution in [1.82, 2.24) is 0 Å². The molecule has 3 N–H and O–H groups in total. The first-order valence-corrected chi connectivity index (χ1v) is 23.1. The van der Waals surface area contributed by atoms with Crippen LogP contribution in [0.25, 0.3) is 0 Å². The predicted molar refractivity (Wildman–Crippen MR) is 218 cm³/mol. The van der Waals surface area contributed by atoms with E-state index in [1.165, 1.54) is 57.8 Å². The molecular formula is C43H75NaO12S. The molecule has 12 nitrogen and oxygen atoms in total. The van der Waals surface area contributed by atoms with Gasteiger partial charge in [-0.05, 0) is 44.9 Å². The van der Waals surface area contributed by atoms with Crippen molar-refractivity contribution in [3.63, 3.8) is 0 Å². The number of carbonyl (C=O) groups excluding carboxylic acids is 2. The van der Waals surface area contributed by atoms with Gasteiger partial charge in [0.05, 0.1) is 22.5 Å². The van der Waals surface area contributed by atoms with E-state index in [0.29, 0.717) is 12.8 Å². The van der Waals surface area contributed by atoms with Crippen molar-refractivity contribution >= 4 is 22.1 Å². The summed E-state index contributed by atoms with van der Waals surface area (Å²) in [4.78, 5) is 25.3. The van der Waals surface area contributed by atoms with Crippen molar-refractivity contribution in [2.45, 2.75) is 205 Å². The minimum absolute atomic E-state index is 0. The van der Waals surface area contributed by atoms with Gasteiger partial charge in [-0.3, -0.25) is 9.59 Å². The monoisotopic (exact) mass is 838 g/mol. The van der Waals surface area contributed by atoms with Gasteiger partial charge >= 0.3 is 41.5 Å². The Kier molecular flexibility index (Phi) is 36.0. The van der Waals surface area contributed by atoms with Crippen LogP contribution in [0.5, 0.6) is 0 Å². The molecule has 0 aromatic rings. The average molecular weight is 839 g/mol. The zero-order valence-corrected chi connectivity index (χ0v) is 38.3. The summed E-state index contributed by atoms with van der Waals surface area (Å²) in [5.41, 5.74) is 0. The second-order valence-electron chi connectivity index (χ2n) is 15.0. The zero-order valence-electron chi connectivity index (χ0n) is 35.4. The quantitative estimate of drug-likeness (QED) is 0.0258. The Morgan fingerprint density at radius 2 is 1.14 bits per heavy atom. The third kappa shape index (κ3) is 31.4. The molecule has 0 spiro atoms. The fraction of sp³-hybridized carbons (Fsp3) is 0.814. The first-order valence-electron chi connectivity index (χ1n) is 21.5. The van der Waals surface area contributed by atoms with Crippen LogP contribution < -0.4 is 29.6 Å². The number of allylic oxidation sites excluding steroid dienone is 6. The van der Waals surface area contributed by atoms with Crippen molar-refractivity contribution in [2.24, 2.45) is 0 Å². The van der Waals surface area contributed by atoms with E-state index >= 15 is 0 Å². The number of hydrogen-bond donors (Lipinski definition) is 3. The fourth-order valence-electron chi connectivity index (χ4n) is 6.39. The second kappa shape index (κ2) is 36.7. The van der Waals surface area contributed by atoms with Gasteiger partial charge in [0.1, 0.15) is 31.0 Å². The van der Waals surface area contributed by atoms with Crippen molar-refractivity contribution in [3.8, 4) is 0 Å². The maximum absolute atomic E-state index is 12.8. The molecule has 1 fully saturated rings. The van der Waals surface area contributed by atoms with E-state index in [2.05, 4.69) is 50.3 Å². The van der Waals surface area contributed by atoms with Crippen molar-refractivity contribution in [3.05, 3.63) is 36.5 Å². The van der Waals surface area contributed by atoms with Gasteiger partial charge in [-0.1, -0.05) is 147 Å². The SMILES string of the molecule is CC/C=C\C/C=C\C/C=C\CCCCCCCC(=O)OC[C@H](CO[C@H]1O[C@H](CS(=O)(=O)[O-])[C@@H](O)[C@H](O)[C@H]1O)OC(=O)CCCCCCCCCCCCCCC.[Na+]. The third-order valence-electron chi connectivity index (χ3n) is 9.73. The van der Waals surface area contributed by atoms with Crippen LogP contribution in [-0.4, -0.2) is 96.0 Å². The van der Waals surface area contributed by atoms with Crippen molar-refractivity contribution < 1.29 is 86.4 Å². The fourth-order valence-corrected chi connectivity index (χ4v) is 7.07. The number of rotatable bonds is 35. The minimum atomic E-state index is -4.85. The molecule has 0 unspecified atom stereocenters. The summed E-state index contributed by atoms with van der Waals surface area (Å²) < 4.78 is 55.7. The topological polar surface area (TPSA) is 189 Å². The molecule has 0 aliphatic carbocycles. The molecule has 0 aromatic heterocycles. The maximum Gasteiger partial charge on any atom is 1.00 e. The van der Waals surface area contributed by atoms with E-state index in [1.807, 2.05) is 0 Å². The Balaban J connectivity index is 0.0000314. The van der Waals surface area contributed by atoms with Crippen LogP contribution in [-0.2, 0) is 38.7 Å². The first-order chi connectivity index (χ1) is 27.0. The molecule has 0 saturated carbocycles. The molecule has 6 atom stereocenters. The molecule has 1 saturated heterocycles. The van der Waals surface area contributed by atoms with Crippen LogP contribution in [0.15, 0.2) is 36.5 Å². The predicted octanol–water partition coefficient (Wildman–Crippen LogP) is 4.89. The number of esters is 2. The van der Waals surface area contributed by atoms with E-state index < -0.39 is 71.2 Å². The Bertz CT molecular complexity index is 1190. The van der Waals surface area contributed by atoms with Crippen LogP contribution in [0.1, 0.15) is 168 Å². The molecule has 1 aliphatic heterocycles. The van der Waals surface area contributed by atoms with Crippen molar-refractivity contribution in [2.75, 3.05) is 19.0 Å². The molecule has 326 valence electrons. The third-order valence-corrected chi connectivity index (χ3v) is 10.5. The van der Waals surface area contributed by atoms with Gasteiger partial charge in [0.15, 0.2) is 12.4 Å². The van der Waals surface area contributed by atoms with Gasteiger partial charge in [0, 0.05) is 12.8 Å². The van der Waals surface area contributed by atoms with Gasteiger partial charge < -0.3 is 38.8 Å². The average Bonchev–Trinajstić information content (AvgIpc) is 3.16. The van der Waals surface area contributed by atoms with Gasteiger partial charge in [0.2, 0.25) is 0 Å². The smallest absolute Gasteiger partial charge is 0.748 e. The molecule has 0 amide bonds. The van der Waals surface area contributed by atoms with Crippen molar-refractivity contribution in [1.29, 1.82) is 0 Å². The minimum Gasteiger partial charge on any atom is -0.748 e. The molecular weight excluding hydrogens is 764 g/mol. The van der Waals surface area contributed by atoms with E-state index in [9.17, 15) is 37.9 Å². The zero-order chi connectivity index (χ0) is 41.3. The van der Waals surface area contributed by atoms with Crippen LogP contribution >= 0.6 is 0 Å². The van der Waals surface area contributed by atoms with E-state index in [1.54, 1.807) is 0 Å². The Morgan fingerprint density at radius 1 is 0.649 bits per heavy atom. The summed E-state index contributed by atoms with van der Waals surface area (Å²) in [6, 6.07) is 0. The summed E-state index contributed by atoms with van der Waals surface area (Å²) in [7, 11) is -4.85. The molecule has 1 rings (SSSR count). The number of aliphatic hydroxyl groups is 3. The van der Waals surface area contributed by atoms with Crippen LogP contribution in [0.2, 0.25) is 0 Å². The molecule has 14 heteroatoms. The molecule has 1 aliphatic rings. The maximum atomic E-state index is 12.8.